The summed E-state index contributed by atoms with van der Waals surface area (Å²) in [4.78, 5) is 23.3. The number of nitrogens with zero attached hydrogens (tertiary/aromatic N) is 2. The van der Waals surface area contributed by atoms with Crippen molar-refractivity contribution < 1.29 is 22.9 Å². The molecular weight excluding hydrogens is 458 g/mol. The lowest BCUT2D eigenvalue weighted by molar-refractivity contribution is -0.385. The number of benzene rings is 3. The van der Waals surface area contributed by atoms with Crippen LogP contribution in [0.5, 0.6) is 5.75 Å². The lowest BCUT2D eigenvalue weighted by Gasteiger charge is -2.25. The molecule has 0 bridgehead atoms. The van der Waals surface area contributed by atoms with Gasteiger partial charge in [0.25, 0.3) is 15.7 Å². The highest BCUT2D eigenvalue weighted by molar-refractivity contribution is 7.92. The van der Waals surface area contributed by atoms with Gasteiger partial charge in [-0.3, -0.25) is 19.2 Å². The van der Waals surface area contributed by atoms with Gasteiger partial charge in [0.1, 0.15) is 12.3 Å². The van der Waals surface area contributed by atoms with Gasteiger partial charge in [0.15, 0.2) is 0 Å². The molecule has 0 heterocycles. The zero-order valence-electron chi connectivity index (χ0n) is 19.0. The van der Waals surface area contributed by atoms with E-state index in [4.69, 9.17) is 4.74 Å². The molecule has 1 atom stereocenters. The first-order valence-corrected chi connectivity index (χ1v) is 11.8. The molecule has 0 spiro atoms. The Labute approximate surface area is 198 Å². The van der Waals surface area contributed by atoms with Gasteiger partial charge in [0.05, 0.1) is 28.7 Å². The molecule has 9 nitrogen and oxygen atoms in total. The molecule has 1 N–H and O–H groups in total. The summed E-state index contributed by atoms with van der Waals surface area (Å²) < 4.78 is 33.2. The summed E-state index contributed by atoms with van der Waals surface area (Å²) >= 11 is 0. The number of nitro groups is 1. The standard InChI is InChI=1S/C24H25N3O6S/c1-17-9-14-22(15-23(17)27(29)30)34(31,32)26(20-10-12-21(33-3)13-11-20)16-24(28)25-18(2)19-7-5-4-6-8-19/h4-15,18H,16H2,1-3H3,(H,25,28)/t18-/m0/s1. The Hall–Kier alpha value is -3.92. The van der Waals surface area contributed by atoms with E-state index in [-0.39, 0.29) is 22.3 Å². The van der Waals surface area contributed by atoms with Gasteiger partial charge < -0.3 is 10.1 Å². The number of nitro benzene ring substituents is 1. The zero-order valence-corrected chi connectivity index (χ0v) is 19.8. The molecule has 0 fully saturated rings. The van der Waals surface area contributed by atoms with Crippen molar-refractivity contribution >= 4 is 27.3 Å². The molecule has 3 aromatic carbocycles. The second-order valence-corrected chi connectivity index (χ2v) is 9.48. The molecule has 34 heavy (non-hydrogen) atoms. The summed E-state index contributed by atoms with van der Waals surface area (Å²) in [6, 6.07) is 18.7. The third kappa shape index (κ3) is 5.52. The van der Waals surface area contributed by atoms with Gasteiger partial charge in [-0.1, -0.05) is 36.4 Å². The van der Waals surface area contributed by atoms with E-state index in [1.54, 1.807) is 19.1 Å². The quantitative estimate of drug-likeness (QED) is 0.363. The highest BCUT2D eigenvalue weighted by atomic mass is 32.2. The van der Waals surface area contributed by atoms with Crippen LogP contribution in [0.15, 0.2) is 77.7 Å². The van der Waals surface area contributed by atoms with Crippen LogP contribution in [0.1, 0.15) is 24.1 Å². The van der Waals surface area contributed by atoms with Crippen LogP contribution in [0.4, 0.5) is 11.4 Å². The number of ether oxygens (including phenoxy) is 1. The van der Waals surface area contributed by atoms with Crippen LogP contribution in [0.2, 0.25) is 0 Å². The highest BCUT2D eigenvalue weighted by Crippen LogP contribution is 2.29. The van der Waals surface area contributed by atoms with Gasteiger partial charge >= 0.3 is 0 Å². The van der Waals surface area contributed by atoms with Crippen molar-refractivity contribution in [2.75, 3.05) is 18.0 Å². The number of rotatable bonds is 9. The summed E-state index contributed by atoms with van der Waals surface area (Å²) in [5.41, 5.74) is 1.09. The van der Waals surface area contributed by atoms with Gasteiger partial charge in [0.2, 0.25) is 5.91 Å². The van der Waals surface area contributed by atoms with Crippen molar-refractivity contribution in [3.8, 4) is 5.75 Å². The zero-order chi connectivity index (χ0) is 24.9. The largest absolute Gasteiger partial charge is 0.497 e. The Morgan fingerprint density at radius 2 is 1.74 bits per heavy atom. The van der Waals surface area contributed by atoms with Crippen molar-refractivity contribution in [3.63, 3.8) is 0 Å². The predicted molar refractivity (Wildman–Crippen MR) is 128 cm³/mol. The molecule has 0 radical (unpaired) electrons. The number of carbonyl (C=O) groups excluding carboxylic acids is 1. The lowest BCUT2D eigenvalue weighted by Crippen LogP contribution is -2.41. The third-order valence-corrected chi connectivity index (χ3v) is 7.06. The minimum Gasteiger partial charge on any atom is -0.497 e. The van der Waals surface area contributed by atoms with Crippen molar-refractivity contribution in [1.29, 1.82) is 0 Å². The Kier molecular flexibility index (Phi) is 7.52. The topological polar surface area (TPSA) is 119 Å². The molecule has 1 amide bonds. The number of methoxy groups -OCH3 is 1. The molecule has 0 aliphatic rings. The maximum atomic E-state index is 13.6. The van der Waals surface area contributed by atoms with Gasteiger partial charge in [-0.15, -0.1) is 0 Å². The minimum atomic E-state index is -4.31. The molecule has 3 aromatic rings. The molecular formula is C24H25N3O6S. The van der Waals surface area contributed by atoms with E-state index in [0.29, 0.717) is 11.3 Å². The number of nitrogens with one attached hydrogen (secondary N) is 1. The number of sulfonamides is 1. The number of aryl methyl sites for hydroxylation is 1. The fourth-order valence-corrected chi connectivity index (χ4v) is 4.82. The second-order valence-electron chi connectivity index (χ2n) is 7.61. The maximum Gasteiger partial charge on any atom is 0.273 e. The van der Waals surface area contributed by atoms with Crippen LogP contribution in [0.3, 0.4) is 0 Å². The van der Waals surface area contributed by atoms with Gasteiger partial charge in [-0.2, -0.15) is 0 Å². The summed E-state index contributed by atoms with van der Waals surface area (Å²) in [5.74, 6) is -0.0217. The Morgan fingerprint density at radius 1 is 1.09 bits per heavy atom. The molecule has 0 saturated carbocycles. The average Bonchev–Trinajstić information content (AvgIpc) is 2.83. The van der Waals surface area contributed by atoms with Crippen LogP contribution in [-0.4, -0.2) is 32.9 Å². The molecule has 0 aliphatic heterocycles. The van der Waals surface area contributed by atoms with E-state index in [2.05, 4.69) is 5.32 Å². The number of amides is 1. The minimum absolute atomic E-state index is 0.214. The summed E-state index contributed by atoms with van der Waals surface area (Å²) in [7, 11) is -2.84. The van der Waals surface area contributed by atoms with Crippen LogP contribution in [0.25, 0.3) is 0 Å². The lowest BCUT2D eigenvalue weighted by atomic mass is 10.1. The SMILES string of the molecule is COc1ccc(N(CC(=O)N[C@@H](C)c2ccccc2)S(=O)(=O)c2ccc(C)c([N+](=O)[O-])c2)cc1. The van der Waals surface area contributed by atoms with Crippen molar-refractivity contribution in [3.05, 3.63) is 94.0 Å². The van der Waals surface area contributed by atoms with Crippen LogP contribution in [-0.2, 0) is 14.8 Å². The van der Waals surface area contributed by atoms with Crippen LogP contribution >= 0.6 is 0 Å². The molecule has 10 heteroatoms. The third-order valence-electron chi connectivity index (χ3n) is 5.29. The van der Waals surface area contributed by atoms with E-state index in [9.17, 15) is 23.3 Å². The highest BCUT2D eigenvalue weighted by Gasteiger charge is 2.29. The van der Waals surface area contributed by atoms with Crippen molar-refractivity contribution in [2.45, 2.75) is 24.8 Å². The normalized spacial score (nSPS) is 12.0. The Morgan fingerprint density at radius 3 is 2.32 bits per heavy atom. The number of carbonyl (C=O) groups is 1. The first-order chi connectivity index (χ1) is 16.1. The first kappa shape index (κ1) is 24.7. The van der Waals surface area contributed by atoms with E-state index in [1.165, 1.54) is 38.3 Å². The molecule has 0 aromatic heterocycles. The molecule has 0 saturated heterocycles. The fraction of sp³-hybridized carbons (Fsp3) is 0.208. The van der Waals surface area contributed by atoms with E-state index >= 15 is 0 Å². The summed E-state index contributed by atoms with van der Waals surface area (Å²) in [6.07, 6.45) is 0. The van der Waals surface area contributed by atoms with Crippen molar-refractivity contribution in [1.82, 2.24) is 5.32 Å². The average molecular weight is 484 g/mol. The predicted octanol–water partition coefficient (Wildman–Crippen LogP) is 3.98. The fourth-order valence-electron chi connectivity index (χ4n) is 3.38. The van der Waals surface area contributed by atoms with E-state index in [0.717, 1.165) is 15.9 Å². The molecule has 0 aliphatic carbocycles. The smallest absolute Gasteiger partial charge is 0.273 e. The van der Waals surface area contributed by atoms with Crippen LogP contribution < -0.4 is 14.4 Å². The second kappa shape index (κ2) is 10.3. The summed E-state index contributed by atoms with van der Waals surface area (Å²) in [6.45, 7) is 2.80. The van der Waals surface area contributed by atoms with E-state index in [1.807, 2.05) is 30.3 Å². The molecule has 178 valence electrons. The molecule has 3 rings (SSSR count). The Balaban J connectivity index is 1.97. The van der Waals surface area contributed by atoms with E-state index < -0.39 is 27.4 Å². The Bertz CT molecular complexity index is 1280. The first-order valence-electron chi connectivity index (χ1n) is 10.4. The van der Waals surface area contributed by atoms with Gasteiger partial charge in [-0.05, 0) is 49.7 Å². The van der Waals surface area contributed by atoms with Gasteiger partial charge in [0, 0.05) is 11.6 Å². The van der Waals surface area contributed by atoms with Gasteiger partial charge in [-0.25, -0.2) is 8.42 Å². The maximum absolute atomic E-state index is 13.6. The van der Waals surface area contributed by atoms with Crippen LogP contribution in [0, 0.1) is 17.0 Å². The number of hydrogen-bond acceptors (Lipinski definition) is 6. The van der Waals surface area contributed by atoms with Crippen molar-refractivity contribution in [2.24, 2.45) is 0 Å². The monoisotopic (exact) mass is 483 g/mol. The number of anilines is 1. The molecule has 0 unspecified atom stereocenters. The number of hydrogen-bond donors (Lipinski definition) is 1. The summed E-state index contributed by atoms with van der Waals surface area (Å²) in [5, 5.41) is 14.2.